The Morgan fingerprint density at radius 3 is 2.06 bits per heavy atom. The molecule has 1 fully saturated rings. The Balaban J connectivity index is 1.46. The lowest BCUT2D eigenvalue weighted by Crippen LogP contribution is -2.55. The van der Waals surface area contributed by atoms with Crippen molar-refractivity contribution in [2.24, 2.45) is 5.92 Å². The third-order valence-electron chi connectivity index (χ3n) is 6.67. The van der Waals surface area contributed by atoms with Crippen molar-refractivity contribution in [3.05, 3.63) is 47.5 Å². The van der Waals surface area contributed by atoms with E-state index in [4.69, 9.17) is 0 Å². The number of aliphatic carboxylic acids is 1. The average Bonchev–Trinajstić information content (AvgIpc) is 3.08. The van der Waals surface area contributed by atoms with Crippen LogP contribution in [-0.2, 0) is 20.4 Å². The van der Waals surface area contributed by atoms with E-state index in [0.29, 0.717) is 42.1 Å². The summed E-state index contributed by atoms with van der Waals surface area (Å²) >= 11 is 0. The van der Waals surface area contributed by atoms with Crippen LogP contribution in [0.1, 0.15) is 47.4 Å². The monoisotopic (exact) mass is 513 g/mol. The second-order valence-corrected chi connectivity index (χ2v) is 11.4. The van der Waals surface area contributed by atoms with Crippen molar-refractivity contribution in [3.8, 4) is 0 Å². The van der Waals surface area contributed by atoms with Gasteiger partial charge in [-0.15, -0.1) is 0 Å². The second-order valence-electron chi connectivity index (χ2n) is 9.71. The summed E-state index contributed by atoms with van der Waals surface area (Å²) in [6.07, 6.45) is 0.397. The highest BCUT2D eigenvalue weighted by molar-refractivity contribution is 7.85. The molecule has 0 saturated carbocycles. The zero-order chi connectivity index (χ0) is 26.0. The van der Waals surface area contributed by atoms with Gasteiger partial charge in [0.25, 0.3) is 11.8 Å². The molecule has 0 aliphatic carbocycles. The number of carbonyl (C=O) groups excluding carboxylic acids is 3. The predicted molar refractivity (Wildman–Crippen MR) is 136 cm³/mol. The number of carbonyl (C=O) groups is 4. The average molecular weight is 514 g/mol. The molecule has 2 heterocycles. The molecule has 4 rings (SSSR count). The minimum Gasteiger partial charge on any atom is -0.480 e. The first kappa shape index (κ1) is 26.0. The topological polar surface area (TPSA) is 124 Å². The molecule has 9 nitrogen and oxygen atoms in total. The number of carboxylic acids is 1. The molecule has 2 aliphatic heterocycles. The Kier molecular flexibility index (Phi) is 7.85. The first-order chi connectivity index (χ1) is 17.2. The van der Waals surface area contributed by atoms with Gasteiger partial charge in [0.05, 0.1) is 17.2 Å². The van der Waals surface area contributed by atoms with Gasteiger partial charge in [-0.25, -0.2) is 0 Å². The number of rotatable bonds is 9. The van der Waals surface area contributed by atoms with Gasteiger partial charge in [0, 0.05) is 41.9 Å². The van der Waals surface area contributed by atoms with Gasteiger partial charge in [0.1, 0.15) is 6.04 Å². The molecule has 1 unspecified atom stereocenters. The number of amides is 3. The Hall–Kier alpha value is -3.11. The van der Waals surface area contributed by atoms with Gasteiger partial charge >= 0.3 is 5.97 Å². The van der Waals surface area contributed by atoms with E-state index in [9.17, 15) is 28.5 Å². The van der Waals surface area contributed by atoms with Crippen LogP contribution in [0.25, 0.3) is 10.8 Å². The van der Waals surface area contributed by atoms with Crippen LogP contribution in [0.4, 0.5) is 0 Å². The van der Waals surface area contributed by atoms with Crippen LogP contribution in [0.5, 0.6) is 0 Å². The molecule has 1 saturated heterocycles. The fourth-order valence-electron chi connectivity index (χ4n) is 4.75. The van der Waals surface area contributed by atoms with Gasteiger partial charge in [-0.3, -0.25) is 33.6 Å². The number of imide groups is 1. The van der Waals surface area contributed by atoms with Gasteiger partial charge in [-0.1, -0.05) is 38.1 Å². The van der Waals surface area contributed by atoms with Crippen LogP contribution in [0.3, 0.4) is 0 Å². The second kappa shape index (κ2) is 10.9. The molecule has 192 valence electrons. The molecule has 0 aromatic heterocycles. The van der Waals surface area contributed by atoms with Gasteiger partial charge < -0.3 is 10.0 Å². The smallest absolute Gasteiger partial charge is 0.320 e. The largest absolute Gasteiger partial charge is 0.480 e. The first-order valence-corrected chi connectivity index (χ1v) is 13.7. The highest BCUT2D eigenvalue weighted by Gasteiger charge is 2.37. The molecule has 2 aromatic rings. The van der Waals surface area contributed by atoms with Crippen LogP contribution in [0, 0.1) is 5.92 Å². The van der Waals surface area contributed by atoms with Crippen molar-refractivity contribution in [3.63, 3.8) is 0 Å². The number of hydrogen-bond donors (Lipinski definition) is 2. The summed E-state index contributed by atoms with van der Waals surface area (Å²) in [5.41, 5.74) is 0.628. The molecule has 3 amide bonds. The SMILES string of the molecule is CC(C)C[C@@H](NC(CCN1C(=O)c2cc3ccccc3cc2C1=O)C(=O)O)C(=O)N1CCS(=O)CC1. The van der Waals surface area contributed by atoms with E-state index in [1.54, 1.807) is 17.0 Å². The lowest BCUT2D eigenvalue weighted by molar-refractivity contribution is -0.141. The quantitative estimate of drug-likeness (QED) is 0.491. The van der Waals surface area contributed by atoms with Gasteiger partial charge in [0.2, 0.25) is 5.91 Å². The molecule has 10 heteroatoms. The van der Waals surface area contributed by atoms with E-state index < -0.39 is 40.7 Å². The molecule has 2 aromatic carbocycles. The van der Waals surface area contributed by atoms with Crippen molar-refractivity contribution in [1.82, 2.24) is 15.1 Å². The number of carboxylic acid groups (broad SMARTS) is 1. The van der Waals surface area contributed by atoms with Crippen molar-refractivity contribution < 1.29 is 28.5 Å². The van der Waals surface area contributed by atoms with Crippen molar-refractivity contribution >= 4 is 45.3 Å². The summed E-state index contributed by atoms with van der Waals surface area (Å²) in [5.74, 6) is -1.29. The maximum atomic E-state index is 13.2. The Morgan fingerprint density at radius 1 is 1.00 bits per heavy atom. The van der Waals surface area contributed by atoms with Crippen LogP contribution >= 0.6 is 0 Å². The summed E-state index contributed by atoms with van der Waals surface area (Å²) in [4.78, 5) is 54.0. The summed E-state index contributed by atoms with van der Waals surface area (Å²) in [5, 5.41) is 14.5. The minimum absolute atomic E-state index is 0.0355. The van der Waals surface area contributed by atoms with Crippen molar-refractivity contribution in [1.29, 1.82) is 0 Å². The van der Waals surface area contributed by atoms with Gasteiger partial charge in [-0.2, -0.15) is 0 Å². The number of nitrogens with zero attached hydrogens (tertiary/aromatic N) is 2. The molecule has 2 N–H and O–H groups in total. The molecule has 2 aliphatic rings. The summed E-state index contributed by atoms with van der Waals surface area (Å²) in [7, 11) is -0.934. The van der Waals surface area contributed by atoms with E-state index in [-0.39, 0.29) is 24.8 Å². The highest BCUT2D eigenvalue weighted by Crippen LogP contribution is 2.28. The van der Waals surface area contributed by atoms with Gasteiger partial charge in [0.15, 0.2) is 0 Å². The van der Waals surface area contributed by atoms with E-state index in [1.807, 2.05) is 38.1 Å². The lowest BCUT2D eigenvalue weighted by atomic mass is 10.0. The van der Waals surface area contributed by atoms with Crippen LogP contribution in [-0.4, -0.2) is 86.0 Å². The fourth-order valence-corrected chi connectivity index (χ4v) is 5.80. The predicted octanol–water partition coefficient (Wildman–Crippen LogP) is 1.87. The molecule has 36 heavy (non-hydrogen) atoms. The number of hydrogen-bond acceptors (Lipinski definition) is 6. The highest BCUT2D eigenvalue weighted by atomic mass is 32.2. The zero-order valence-corrected chi connectivity index (χ0v) is 21.3. The van der Waals surface area contributed by atoms with Crippen LogP contribution < -0.4 is 5.32 Å². The van der Waals surface area contributed by atoms with Crippen LogP contribution in [0.2, 0.25) is 0 Å². The molecule has 0 radical (unpaired) electrons. The fraction of sp³-hybridized carbons (Fsp3) is 0.462. The summed E-state index contributed by atoms with van der Waals surface area (Å²) in [6.45, 7) is 4.57. The maximum Gasteiger partial charge on any atom is 0.320 e. The number of fused-ring (bicyclic) bond motifs is 2. The molecule has 0 spiro atoms. The molecular formula is C26H31N3O6S. The Bertz CT molecular complexity index is 1160. The number of benzene rings is 2. The summed E-state index contributed by atoms with van der Waals surface area (Å²) in [6, 6.07) is 8.98. The van der Waals surface area contributed by atoms with E-state index in [2.05, 4.69) is 5.32 Å². The normalized spacial score (nSPS) is 18.1. The van der Waals surface area contributed by atoms with E-state index in [0.717, 1.165) is 15.7 Å². The third-order valence-corrected chi connectivity index (χ3v) is 7.95. The molecular weight excluding hydrogens is 482 g/mol. The minimum atomic E-state index is -1.15. The third kappa shape index (κ3) is 5.49. The Morgan fingerprint density at radius 2 is 1.56 bits per heavy atom. The zero-order valence-electron chi connectivity index (χ0n) is 20.4. The van der Waals surface area contributed by atoms with Crippen molar-refractivity contribution in [2.75, 3.05) is 31.1 Å². The molecule has 0 bridgehead atoms. The van der Waals surface area contributed by atoms with Crippen molar-refractivity contribution in [2.45, 2.75) is 38.8 Å². The van der Waals surface area contributed by atoms with E-state index >= 15 is 0 Å². The van der Waals surface area contributed by atoms with Crippen LogP contribution in [0.15, 0.2) is 36.4 Å². The lowest BCUT2D eigenvalue weighted by Gasteiger charge is -2.32. The van der Waals surface area contributed by atoms with Gasteiger partial charge in [-0.05, 0) is 41.7 Å². The maximum absolute atomic E-state index is 13.2. The summed E-state index contributed by atoms with van der Waals surface area (Å²) < 4.78 is 11.7. The Labute approximate surface area is 212 Å². The first-order valence-electron chi connectivity index (χ1n) is 12.2. The van der Waals surface area contributed by atoms with E-state index in [1.165, 1.54) is 0 Å². The standard InChI is InChI=1S/C26H31N3O6S/c1-16(2)13-22(25(32)28-9-11-36(35)12-10-28)27-21(26(33)34)7-8-29-23(30)19-14-17-5-3-4-6-18(17)15-20(19)24(29)31/h3-6,14-16,21-22,27H,7-13H2,1-2H3,(H,33,34)/t21?,22-/m1/s1. The molecule has 2 atom stereocenters. The number of nitrogens with one attached hydrogen (secondary N) is 1.